The van der Waals surface area contributed by atoms with Gasteiger partial charge in [0, 0.05) is 0 Å². The summed E-state index contributed by atoms with van der Waals surface area (Å²) < 4.78 is 5.03. The van der Waals surface area contributed by atoms with Crippen molar-refractivity contribution in [1.29, 1.82) is 0 Å². The van der Waals surface area contributed by atoms with Crippen molar-refractivity contribution < 1.29 is 19.4 Å². The molecular formula is C12H10N2O4. The van der Waals surface area contributed by atoms with Crippen molar-refractivity contribution in [3.05, 3.63) is 47.5 Å². The van der Waals surface area contributed by atoms with E-state index in [4.69, 9.17) is 9.84 Å². The minimum absolute atomic E-state index is 0.178. The van der Waals surface area contributed by atoms with E-state index in [-0.39, 0.29) is 11.4 Å². The molecule has 0 aliphatic rings. The predicted molar refractivity (Wildman–Crippen MR) is 61.7 cm³/mol. The maximum absolute atomic E-state index is 11.7. The van der Waals surface area contributed by atoms with Gasteiger partial charge in [-0.15, -0.1) is 0 Å². The summed E-state index contributed by atoms with van der Waals surface area (Å²) in [5, 5.41) is 8.82. The summed E-state index contributed by atoms with van der Waals surface area (Å²) in [6, 6.07) is 6.83. The quantitative estimate of drug-likeness (QED) is 0.634. The highest BCUT2D eigenvalue weighted by Crippen LogP contribution is 2.14. The molecule has 2 N–H and O–H groups in total. The second kappa shape index (κ2) is 4.70. The number of H-pyrrole nitrogens is 1. The van der Waals surface area contributed by atoms with Gasteiger partial charge in [0.15, 0.2) is 11.4 Å². The van der Waals surface area contributed by atoms with E-state index in [0.717, 1.165) is 11.9 Å². The average Bonchev–Trinajstić information content (AvgIpc) is 2.81. The number of nitrogens with zero attached hydrogens (tertiary/aromatic N) is 1. The van der Waals surface area contributed by atoms with Crippen LogP contribution in [0.5, 0.6) is 5.75 Å². The van der Waals surface area contributed by atoms with Crippen LogP contribution in [0.2, 0.25) is 0 Å². The second-order valence-electron chi connectivity index (χ2n) is 3.63. The van der Waals surface area contributed by atoms with E-state index in [9.17, 15) is 9.59 Å². The van der Waals surface area contributed by atoms with Crippen LogP contribution in [-0.2, 0) is 0 Å². The summed E-state index contributed by atoms with van der Waals surface area (Å²) in [5.74, 6) is -1.72. The van der Waals surface area contributed by atoms with Crippen molar-refractivity contribution in [3.8, 4) is 5.75 Å². The zero-order valence-corrected chi connectivity index (χ0v) is 9.51. The first-order valence-corrected chi connectivity index (χ1v) is 5.13. The Morgan fingerprint density at radius 1 is 1.28 bits per heavy atom. The predicted octanol–water partition coefficient (Wildman–Crippen LogP) is 1.64. The fraction of sp³-hybridized carbons (Fsp3) is 0.0833. The summed E-state index contributed by atoms with van der Waals surface area (Å²) >= 11 is 0. The number of carboxylic acids is 1. The molecule has 6 nitrogen and oxygen atoms in total. The Balaban J connectivity index is 2.19. The number of aryl methyl sites for hydroxylation is 1. The number of aromatic carboxylic acids is 1. The molecule has 92 valence electrons. The van der Waals surface area contributed by atoms with Crippen molar-refractivity contribution in [2.45, 2.75) is 6.92 Å². The first-order valence-electron chi connectivity index (χ1n) is 5.13. The minimum Gasteiger partial charge on any atom is -0.476 e. The van der Waals surface area contributed by atoms with E-state index in [1.54, 1.807) is 24.3 Å². The van der Waals surface area contributed by atoms with Gasteiger partial charge in [-0.2, -0.15) is 0 Å². The second-order valence-corrected chi connectivity index (χ2v) is 3.63. The number of aromatic amines is 1. The Morgan fingerprint density at radius 3 is 2.56 bits per heavy atom. The molecule has 0 bridgehead atoms. The fourth-order valence-electron chi connectivity index (χ4n) is 1.38. The molecule has 0 aliphatic carbocycles. The maximum atomic E-state index is 11.7. The molecule has 18 heavy (non-hydrogen) atoms. The zero-order chi connectivity index (χ0) is 13.1. The molecule has 0 saturated heterocycles. The highest BCUT2D eigenvalue weighted by molar-refractivity contribution is 6.00. The number of ether oxygens (including phenoxy) is 1. The van der Waals surface area contributed by atoms with Gasteiger partial charge >= 0.3 is 11.9 Å². The molecule has 0 saturated carbocycles. The van der Waals surface area contributed by atoms with Crippen LogP contribution in [0.15, 0.2) is 30.6 Å². The normalized spacial score (nSPS) is 10.1. The van der Waals surface area contributed by atoms with Crippen molar-refractivity contribution >= 4 is 11.9 Å². The van der Waals surface area contributed by atoms with Gasteiger partial charge in [-0.05, 0) is 19.1 Å². The topological polar surface area (TPSA) is 92.3 Å². The number of carbonyl (C=O) groups excluding carboxylic acids is 1. The first-order chi connectivity index (χ1) is 8.58. The van der Waals surface area contributed by atoms with E-state index < -0.39 is 11.9 Å². The first kappa shape index (κ1) is 11.8. The van der Waals surface area contributed by atoms with Gasteiger partial charge in [-0.1, -0.05) is 17.7 Å². The molecule has 0 unspecified atom stereocenters. The molecule has 6 heteroatoms. The van der Waals surface area contributed by atoms with Crippen LogP contribution in [0.1, 0.15) is 26.5 Å². The van der Waals surface area contributed by atoms with Crippen LogP contribution in [0.3, 0.4) is 0 Å². The van der Waals surface area contributed by atoms with E-state index in [1.807, 2.05) is 6.92 Å². The molecule has 1 aromatic heterocycles. The third-order valence-corrected chi connectivity index (χ3v) is 2.28. The Hall–Kier alpha value is -2.63. The maximum Gasteiger partial charge on any atom is 0.362 e. The van der Waals surface area contributed by atoms with E-state index in [2.05, 4.69) is 9.97 Å². The number of hydrogen-bond donors (Lipinski definition) is 2. The van der Waals surface area contributed by atoms with Crippen LogP contribution in [0.4, 0.5) is 0 Å². The Morgan fingerprint density at radius 2 is 1.94 bits per heavy atom. The molecule has 0 radical (unpaired) electrons. The van der Waals surface area contributed by atoms with Gasteiger partial charge in [0.1, 0.15) is 5.75 Å². The molecule has 0 amide bonds. The lowest BCUT2D eigenvalue weighted by molar-refractivity contribution is 0.0661. The number of rotatable bonds is 3. The number of benzene rings is 1. The Labute approximate surface area is 102 Å². The van der Waals surface area contributed by atoms with Crippen LogP contribution >= 0.6 is 0 Å². The largest absolute Gasteiger partial charge is 0.476 e. The minimum atomic E-state index is -1.29. The molecular weight excluding hydrogens is 236 g/mol. The molecule has 0 aliphatic heterocycles. The van der Waals surface area contributed by atoms with Gasteiger partial charge in [0.2, 0.25) is 0 Å². The van der Waals surface area contributed by atoms with Gasteiger partial charge in [-0.3, -0.25) is 0 Å². The van der Waals surface area contributed by atoms with Gasteiger partial charge < -0.3 is 14.8 Å². The number of aromatic nitrogens is 2. The van der Waals surface area contributed by atoms with Crippen molar-refractivity contribution in [2.24, 2.45) is 0 Å². The lowest BCUT2D eigenvalue weighted by Crippen LogP contribution is -2.14. The standard InChI is InChI=1S/C12H10N2O4/c1-7-2-4-8(5-3-7)18-12(17)10-9(11(15)16)13-6-14-10/h2-6H,1H3,(H,13,14)(H,15,16). The van der Waals surface area contributed by atoms with Crippen molar-refractivity contribution in [2.75, 3.05) is 0 Å². The van der Waals surface area contributed by atoms with Crippen molar-refractivity contribution in [1.82, 2.24) is 9.97 Å². The number of hydrogen-bond acceptors (Lipinski definition) is 4. The monoisotopic (exact) mass is 246 g/mol. The highest BCUT2D eigenvalue weighted by atomic mass is 16.5. The summed E-state index contributed by atoms with van der Waals surface area (Å²) in [7, 11) is 0. The number of carbonyl (C=O) groups is 2. The van der Waals surface area contributed by atoms with Gasteiger partial charge in [-0.25, -0.2) is 14.6 Å². The molecule has 0 fully saturated rings. The summed E-state index contributed by atoms with van der Waals surface area (Å²) in [5.41, 5.74) is 0.498. The average molecular weight is 246 g/mol. The number of imidazole rings is 1. The third kappa shape index (κ3) is 2.37. The van der Waals surface area contributed by atoms with E-state index in [1.165, 1.54) is 0 Å². The van der Waals surface area contributed by atoms with E-state index in [0.29, 0.717) is 5.75 Å². The van der Waals surface area contributed by atoms with Crippen LogP contribution in [-0.4, -0.2) is 27.0 Å². The Kier molecular flexibility index (Phi) is 3.09. The summed E-state index contributed by atoms with van der Waals surface area (Å²) in [6.07, 6.45) is 1.13. The highest BCUT2D eigenvalue weighted by Gasteiger charge is 2.21. The van der Waals surface area contributed by atoms with E-state index >= 15 is 0 Å². The molecule has 0 atom stereocenters. The fourth-order valence-corrected chi connectivity index (χ4v) is 1.38. The molecule has 1 aromatic carbocycles. The molecule has 2 aromatic rings. The third-order valence-electron chi connectivity index (χ3n) is 2.28. The lowest BCUT2D eigenvalue weighted by atomic mass is 10.2. The summed E-state index contributed by atoms with van der Waals surface area (Å²) in [4.78, 5) is 28.5. The van der Waals surface area contributed by atoms with Gasteiger partial charge in [0.05, 0.1) is 6.33 Å². The SMILES string of the molecule is Cc1ccc(OC(=O)c2[nH]cnc2C(=O)O)cc1. The van der Waals surface area contributed by atoms with Crippen LogP contribution < -0.4 is 4.74 Å². The summed E-state index contributed by atoms with van der Waals surface area (Å²) in [6.45, 7) is 1.91. The molecule has 1 heterocycles. The lowest BCUT2D eigenvalue weighted by Gasteiger charge is -2.03. The van der Waals surface area contributed by atoms with Gasteiger partial charge in [0.25, 0.3) is 0 Å². The van der Waals surface area contributed by atoms with Crippen molar-refractivity contribution in [3.63, 3.8) is 0 Å². The van der Waals surface area contributed by atoms with Crippen LogP contribution in [0, 0.1) is 6.92 Å². The Bertz CT molecular complexity index is 586. The van der Waals surface area contributed by atoms with Crippen LogP contribution in [0.25, 0.3) is 0 Å². The molecule has 0 spiro atoms. The zero-order valence-electron chi connectivity index (χ0n) is 9.51. The number of esters is 1. The molecule has 2 rings (SSSR count). The smallest absolute Gasteiger partial charge is 0.362 e. The number of carboxylic acid groups (broad SMARTS) is 1. The number of nitrogens with one attached hydrogen (secondary N) is 1.